The molecule has 0 saturated carbocycles. The second kappa shape index (κ2) is 10.6. The molecule has 2 aromatic carbocycles. The first-order valence-corrected chi connectivity index (χ1v) is 12.1. The summed E-state index contributed by atoms with van der Waals surface area (Å²) in [6.45, 7) is 3.73. The van der Waals surface area contributed by atoms with Gasteiger partial charge in [-0.25, -0.2) is 0 Å². The van der Waals surface area contributed by atoms with Gasteiger partial charge in [0.2, 0.25) is 5.91 Å². The summed E-state index contributed by atoms with van der Waals surface area (Å²) >= 11 is 12.5. The van der Waals surface area contributed by atoms with Gasteiger partial charge in [0.05, 0.1) is 33.4 Å². The Balaban J connectivity index is 1.66. The highest BCUT2D eigenvalue weighted by Crippen LogP contribution is 2.30. The van der Waals surface area contributed by atoms with E-state index in [4.69, 9.17) is 28.9 Å². The van der Waals surface area contributed by atoms with Gasteiger partial charge in [-0.2, -0.15) is 5.10 Å². The van der Waals surface area contributed by atoms with E-state index in [1.165, 1.54) is 12.1 Å². The van der Waals surface area contributed by atoms with Crippen molar-refractivity contribution in [2.75, 3.05) is 6.54 Å². The van der Waals surface area contributed by atoms with Crippen LogP contribution >= 0.6 is 23.2 Å². The smallest absolute Gasteiger partial charge is 0.253 e. The fourth-order valence-electron chi connectivity index (χ4n) is 4.31. The molecular formula is C25H27Cl2N5O2. The second-order valence-electron chi connectivity index (χ2n) is 8.39. The van der Waals surface area contributed by atoms with Gasteiger partial charge in [-0.3, -0.25) is 14.3 Å². The third-order valence-corrected chi connectivity index (χ3v) is 6.77. The van der Waals surface area contributed by atoms with Crippen molar-refractivity contribution < 1.29 is 9.59 Å². The molecule has 2 atom stereocenters. The molecule has 4 N–H and O–H groups in total. The highest BCUT2D eigenvalue weighted by Gasteiger charge is 2.28. The molecule has 0 unspecified atom stereocenters. The molecule has 1 aliphatic heterocycles. The summed E-state index contributed by atoms with van der Waals surface area (Å²) in [7, 11) is 0. The number of hydrogen-bond donors (Lipinski definition) is 3. The number of primary amides is 1. The number of carbonyl (C=O) groups is 2. The quantitative estimate of drug-likeness (QED) is 0.442. The average molecular weight is 500 g/mol. The van der Waals surface area contributed by atoms with Crippen molar-refractivity contribution in [3.05, 3.63) is 75.5 Å². The molecule has 2 amide bonds. The van der Waals surface area contributed by atoms with Crippen LogP contribution in [-0.4, -0.2) is 34.2 Å². The van der Waals surface area contributed by atoms with Crippen LogP contribution in [0.1, 0.15) is 58.5 Å². The molecule has 2 heterocycles. The molecule has 0 spiro atoms. The molecule has 34 heavy (non-hydrogen) atoms. The fraction of sp³-hybridized carbons (Fsp3) is 0.320. The highest BCUT2D eigenvalue weighted by atomic mass is 35.5. The van der Waals surface area contributed by atoms with Crippen molar-refractivity contribution in [3.63, 3.8) is 0 Å². The SMILES string of the molecule is CCn1cc(-c2cccc([C@H](NC(=O)c3cc(Cl)c(C(N)=O)cc3Cl)[C@@H]3CCCCN3)c2)cn1. The summed E-state index contributed by atoms with van der Waals surface area (Å²) in [5, 5.41) is 11.3. The van der Waals surface area contributed by atoms with E-state index in [0.717, 1.165) is 49.0 Å². The Morgan fingerprint density at radius 1 is 1.18 bits per heavy atom. The van der Waals surface area contributed by atoms with Crippen molar-refractivity contribution in [2.24, 2.45) is 5.73 Å². The minimum atomic E-state index is -0.702. The minimum Gasteiger partial charge on any atom is -0.366 e. The Morgan fingerprint density at radius 3 is 2.62 bits per heavy atom. The number of aryl methyl sites for hydroxylation is 1. The number of hydrogen-bond acceptors (Lipinski definition) is 4. The first kappa shape index (κ1) is 24.3. The van der Waals surface area contributed by atoms with E-state index in [0.29, 0.717) is 0 Å². The number of aromatic nitrogens is 2. The van der Waals surface area contributed by atoms with E-state index in [1.54, 1.807) is 0 Å². The summed E-state index contributed by atoms with van der Waals surface area (Å²) in [6, 6.07) is 10.6. The van der Waals surface area contributed by atoms with E-state index in [-0.39, 0.29) is 39.2 Å². The van der Waals surface area contributed by atoms with Crippen LogP contribution in [0.15, 0.2) is 48.8 Å². The van der Waals surface area contributed by atoms with E-state index in [2.05, 4.69) is 21.8 Å². The van der Waals surface area contributed by atoms with E-state index in [1.807, 2.05) is 42.2 Å². The number of nitrogens with two attached hydrogens (primary N) is 1. The predicted octanol–water partition coefficient (Wildman–Crippen LogP) is 4.59. The normalized spacial score (nSPS) is 16.7. The molecule has 1 fully saturated rings. The van der Waals surface area contributed by atoms with Crippen LogP contribution < -0.4 is 16.4 Å². The molecule has 1 aromatic heterocycles. The van der Waals surface area contributed by atoms with Crippen LogP contribution in [0.25, 0.3) is 11.1 Å². The topological polar surface area (TPSA) is 102 Å². The molecule has 9 heteroatoms. The lowest BCUT2D eigenvalue weighted by Gasteiger charge is -2.32. The van der Waals surface area contributed by atoms with Crippen LogP contribution in [0, 0.1) is 0 Å². The third kappa shape index (κ3) is 5.27. The fourth-order valence-corrected chi connectivity index (χ4v) is 4.81. The van der Waals surface area contributed by atoms with Crippen LogP contribution in [0.2, 0.25) is 10.0 Å². The highest BCUT2D eigenvalue weighted by molar-refractivity contribution is 6.38. The van der Waals surface area contributed by atoms with Crippen molar-refractivity contribution >= 4 is 35.0 Å². The van der Waals surface area contributed by atoms with Crippen LogP contribution in [-0.2, 0) is 6.54 Å². The monoisotopic (exact) mass is 499 g/mol. The van der Waals surface area contributed by atoms with Gasteiger partial charge in [0.25, 0.3) is 5.91 Å². The molecule has 0 radical (unpaired) electrons. The van der Waals surface area contributed by atoms with Gasteiger partial charge >= 0.3 is 0 Å². The van der Waals surface area contributed by atoms with Gasteiger partial charge in [-0.15, -0.1) is 0 Å². The van der Waals surface area contributed by atoms with E-state index < -0.39 is 5.91 Å². The van der Waals surface area contributed by atoms with Gasteiger partial charge in [-0.05, 0) is 55.6 Å². The largest absolute Gasteiger partial charge is 0.366 e. The lowest BCUT2D eigenvalue weighted by atomic mass is 9.91. The number of nitrogens with one attached hydrogen (secondary N) is 2. The first-order valence-electron chi connectivity index (χ1n) is 11.3. The summed E-state index contributed by atoms with van der Waals surface area (Å²) in [4.78, 5) is 24.9. The molecule has 178 valence electrons. The standard InChI is InChI=1S/C25H27Cl2N5O2/c1-2-32-14-17(13-30-32)15-6-5-7-16(10-15)23(22-8-3-4-9-29-22)31-25(34)19-12-20(26)18(24(28)33)11-21(19)27/h5-7,10-14,22-23,29H,2-4,8-9H2,1H3,(H2,28,33)(H,31,34)/t22-,23-/m0/s1. The van der Waals surface area contributed by atoms with Crippen LogP contribution in [0.4, 0.5) is 0 Å². The van der Waals surface area contributed by atoms with Gasteiger partial charge < -0.3 is 16.4 Å². The van der Waals surface area contributed by atoms with Crippen LogP contribution in [0.3, 0.4) is 0 Å². The maximum Gasteiger partial charge on any atom is 0.253 e. The average Bonchev–Trinajstić information content (AvgIpc) is 3.33. The molecule has 0 aliphatic carbocycles. The van der Waals surface area contributed by atoms with Crippen LogP contribution in [0.5, 0.6) is 0 Å². The lowest BCUT2D eigenvalue weighted by molar-refractivity contribution is 0.0921. The Kier molecular flexibility index (Phi) is 7.56. The van der Waals surface area contributed by atoms with Gasteiger partial charge in [0.1, 0.15) is 0 Å². The zero-order valence-electron chi connectivity index (χ0n) is 18.9. The third-order valence-electron chi connectivity index (χ3n) is 6.14. The second-order valence-corrected chi connectivity index (χ2v) is 9.21. The minimum absolute atomic E-state index is 0.0606. The number of halogens is 2. The summed E-state index contributed by atoms with van der Waals surface area (Å²) in [5.74, 6) is -1.07. The molecule has 1 saturated heterocycles. The summed E-state index contributed by atoms with van der Waals surface area (Å²) < 4.78 is 1.88. The Morgan fingerprint density at radius 2 is 1.94 bits per heavy atom. The molecule has 0 bridgehead atoms. The molecule has 7 nitrogen and oxygen atoms in total. The molecule has 1 aliphatic rings. The number of carbonyl (C=O) groups excluding carboxylic acids is 2. The van der Waals surface area contributed by atoms with Crippen molar-refractivity contribution in [3.8, 4) is 11.1 Å². The van der Waals surface area contributed by atoms with E-state index >= 15 is 0 Å². The number of rotatable bonds is 7. The van der Waals surface area contributed by atoms with E-state index in [9.17, 15) is 9.59 Å². The number of nitrogens with zero attached hydrogens (tertiary/aromatic N) is 2. The number of amides is 2. The zero-order chi connectivity index (χ0) is 24.2. The van der Waals surface area contributed by atoms with Crippen molar-refractivity contribution in [1.29, 1.82) is 0 Å². The number of benzene rings is 2. The van der Waals surface area contributed by atoms with Crippen molar-refractivity contribution in [2.45, 2.75) is 44.8 Å². The van der Waals surface area contributed by atoms with Gasteiger partial charge in [0.15, 0.2) is 0 Å². The lowest BCUT2D eigenvalue weighted by Crippen LogP contribution is -2.46. The summed E-state index contributed by atoms with van der Waals surface area (Å²) in [6.07, 6.45) is 6.96. The maximum absolute atomic E-state index is 13.3. The van der Waals surface area contributed by atoms with Gasteiger partial charge in [-0.1, -0.05) is 47.8 Å². The predicted molar refractivity (Wildman–Crippen MR) is 134 cm³/mol. The Labute approximate surface area is 208 Å². The van der Waals surface area contributed by atoms with Crippen molar-refractivity contribution in [1.82, 2.24) is 20.4 Å². The molecule has 4 rings (SSSR count). The van der Waals surface area contributed by atoms with Gasteiger partial charge in [0, 0.05) is 24.3 Å². The number of piperidine rings is 1. The Bertz CT molecular complexity index is 1200. The zero-order valence-corrected chi connectivity index (χ0v) is 20.4. The molecule has 3 aromatic rings. The first-order chi connectivity index (χ1) is 16.4. The summed E-state index contributed by atoms with van der Waals surface area (Å²) in [5.41, 5.74) is 8.63. The maximum atomic E-state index is 13.3. The molecular weight excluding hydrogens is 473 g/mol. The Hall–Kier alpha value is -2.87.